The highest BCUT2D eigenvalue weighted by Gasteiger charge is 2.28. The Bertz CT molecular complexity index is 450. The van der Waals surface area contributed by atoms with Crippen LogP contribution in [0.15, 0.2) is 24.3 Å². The Kier molecular flexibility index (Phi) is 5.06. The number of benzene rings is 1. The molecular weight excluding hydrogens is 274 g/mol. The van der Waals surface area contributed by atoms with Gasteiger partial charge in [-0.15, -0.1) is 0 Å². The molecule has 0 radical (unpaired) electrons. The molecule has 1 fully saturated rings. The van der Waals surface area contributed by atoms with Gasteiger partial charge in [0.15, 0.2) is 0 Å². The van der Waals surface area contributed by atoms with Gasteiger partial charge in [-0.25, -0.2) is 0 Å². The largest absolute Gasteiger partial charge is 0.388 e. The number of piperidine rings is 1. The van der Waals surface area contributed by atoms with Gasteiger partial charge in [-0.3, -0.25) is 4.79 Å². The average Bonchev–Trinajstić information content (AvgIpc) is 2.46. The zero-order valence-electron chi connectivity index (χ0n) is 12.1. The third kappa shape index (κ3) is 3.53. The molecule has 1 heterocycles. The fraction of sp³-hybridized carbons (Fsp3) is 0.562. The SMILES string of the molecule is CC(C)C(=O)N1CCC(C(O)c2ccc(Cl)cc2)CC1. The second-order valence-corrected chi connectivity index (χ2v) is 6.25. The zero-order chi connectivity index (χ0) is 14.7. The first kappa shape index (κ1) is 15.3. The number of amides is 1. The molecule has 0 saturated carbocycles. The van der Waals surface area contributed by atoms with Crippen LogP contribution in [0.4, 0.5) is 0 Å². The molecule has 1 aliphatic rings. The topological polar surface area (TPSA) is 40.5 Å². The molecule has 0 spiro atoms. The summed E-state index contributed by atoms with van der Waals surface area (Å²) in [7, 11) is 0. The Morgan fingerprint density at radius 1 is 1.25 bits per heavy atom. The summed E-state index contributed by atoms with van der Waals surface area (Å²) in [6, 6.07) is 7.35. The molecule has 1 aromatic carbocycles. The molecule has 4 heteroatoms. The summed E-state index contributed by atoms with van der Waals surface area (Å²) >= 11 is 5.86. The van der Waals surface area contributed by atoms with E-state index >= 15 is 0 Å². The van der Waals surface area contributed by atoms with Gasteiger partial charge in [0.25, 0.3) is 0 Å². The first-order valence-electron chi connectivity index (χ1n) is 7.21. The van der Waals surface area contributed by atoms with Crippen molar-refractivity contribution in [2.45, 2.75) is 32.8 Å². The normalized spacial score (nSPS) is 18.4. The molecule has 20 heavy (non-hydrogen) atoms. The lowest BCUT2D eigenvalue weighted by atomic mass is 9.87. The number of hydrogen-bond donors (Lipinski definition) is 1. The minimum absolute atomic E-state index is 0.0488. The van der Waals surface area contributed by atoms with E-state index in [-0.39, 0.29) is 17.7 Å². The third-order valence-corrected chi connectivity index (χ3v) is 4.26. The van der Waals surface area contributed by atoms with Crippen molar-refractivity contribution in [3.8, 4) is 0 Å². The molecule has 1 unspecified atom stereocenters. The van der Waals surface area contributed by atoms with Crippen molar-refractivity contribution in [2.75, 3.05) is 13.1 Å². The molecule has 2 rings (SSSR count). The Hall–Kier alpha value is -1.06. The maximum absolute atomic E-state index is 11.9. The molecule has 1 aliphatic heterocycles. The molecule has 1 N–H and O–H groups in total. The molecule has 110 valence electrons. The molecule has 3 nitrogen and oxygen atoms in total. The Morgan fingerprint density at radius 3 is 2.30 bits per heavy atom. The highest BCUT2D eigenvalue weighted by Crippen LogP contribution is 2.31. The van der Waals surface area contributed by atoms with Gasteiger partial charge in [0.05, 0.1) is 6.10 Å². The summed E-state index contributed by atoms with van der Waals surface area (Å²) in [5, 5.41) is 11.1. The fourth-order valence-corrected chi connectivity index (χ4v) is 2.86. The van der Waals surface area contributed by atoms with Gasteiger partial charge in [-0.05, 0) is 36.5 Å². The first-order valence-corrected chi connectivity index (χ1v) is 7.59. The van der Waals surface area contributed by atoms with Crippen LogP contribution in [-0.4, -0.2) is 29.0 Å². The van der Waals surface area contributed by atoms with Gasteiger partial charge >= 0.3 is 0 Å². The highest BCUT2D eigenvalue weighted by molar-refractivity contribution is 6.30. The van der Waals surface area contributed by atoms with Gasteiger partial charge in [0.2, 0.25) is 5.91 Å². The Balaban J connectivity index is 1.93. The predicted octanol–water partition coefficient (Wildman–Crippen LogP) is 3.27. The van der Waals surface area contributed by atoms with E-state index in [2.05, 4.69) is 0 Å². The zero-order valence-corrected chi connectivity index (χ0v) is 12.8. The summed E-state index contributed by atoms with van der Waals surface area (Å²) in [5.41, 5.74) is 0.906. The van der Waals surface area contributed by atoms with Crippen LogP contribution >= 0.6 is 11.6 Å². The maximum Gasteiger partial charge on any atom is 0.225 e. The molecule has 0 aliphatic carbocycles. The van der Waals surface area contributed by atoms with Crippen LogP contribution in [0.25, 0.3) is 0 Å². The van der Waals surface area contributed by atoms with Gasteiger partial charge in [0, 0.05) is 24.0 Å². The van der Waals surface area contributed by atoms with Crippen molar-refractivity contribution >= 4 is 17.5 Å². The van der Waals surface area contributed by atoms with Crippen LogP contribution in [0.1, 0.15) is 38.4 Å². The van der Waals surface area contributed by atoms with Crippen LogP contribution in [0.2, 0.25) is 5.02 Å². The summed E-state index contributed by atoms with van der Waals surface area (Å²) in [6.45, 7) is 5.34. The molecule has 0 bridgehead atoms. The molecule has 1 atom stereocenters. The fourth-order valence-electron chi connectivity index (χ4n) is 2.73. The number of rotatable bonds is 3. The lowest BCUT2D eigenvalue weighted by Crippen LogP contribution is -2.41. The summed E-state index contributed by atoms with van der Waals surface area (Å²) in [6.07, 6.45) is 1.23. The molecule has 0 aromatic heterocycles. The van der Waals surface area contributed by atoms with Crippen LogP contribution in [0.3, 0.4) is 0 Å². The number of carbonyl (C=O) groups excluding carboxylic acids is 1. The smallest absolute Gasteiger partial charge is 0.225 e. The van der Waals surface area contributed by atoms with Crippen molar-refractivity contribution < 1.29 is 9.90 Å². The van der Waals surface area contributed by atoms with E-state index in [1.165, 1.54) is 0 Å². The van der Waals surface area contributed by atoms with Crippen LogP contribution in [0.5, 0.6) is 0 Å². The maximum atomic E-state index is 11.9. The Morgan fingerprint density at radius 2 is 1.80 bits per heavy atom. The minimum atomic E-state index is -0.469. The lowest BCUT2D eigenvalue weighted by Gasteiger charge is -2.35. The number of aliphatic hydroxyl groups excluding tert-OH is 1. The number of carbonyl (C=O) groups is 1. The van der Waals surface area contributed by atoms with E-state index in [1.807, 2.05) is 30.9 Å². The first-order chi connectivity index (χ1) is 9.49. The van der Waals surface area contributed by atoms with Crippen LogP contribution in [0, 0.1) is 11.8 Å². The minimum Gasteiger partial charge on any atom is -0.388 e. The van der Waals surface area contributed by atoms with Gasteiger partial charge < -0.3 is 10.0 Å². The number of halogens is 1. The summed E-state index contributed by atoms with van der Waals surface area (Å²) < 4.78 is 0. The second kappa shape index (κ2) is 6.59. The Labute approximate surface area is 125 Å². The molecular formula is C16H22ClNO2. The lowest BCUT2D eigenvalue weighted by molar-refractivity contribution is -0.136. The van der Waals surface area contributed by atoms with Gasteiger partial charge in [-0.1, -0.05) is 37.6 Å². The quantitative estimate of drug-likeness (QED) is 0.930. The van der Waals surface area contributed by atoms with Gasteiger partial charge in [-0.2, -0.15) is 0 Å². The molecule has 1 amide bonds. The van der Waals surface area contributed by atoms with E-state index in [0.29, 0.717) is 5.02 Å². The molecule has 1 saturated heterocycles. The highest BCUT2D eigenvalue weighted by atomic mass is 35.5. The molecule has 1 aromatic rings. The number of likely N-dealkylation sites (tertiary alicyclic amines) is 1. The van der Waals surface area contributed by atoms with Crippen molar-refractivity contribution in [3.63, 3.8) is 0 Å². The number of nitrogens with zero attached hydrogens (tertiary/aromatic N) is 1. The standard InChI is InChI=1S/C16H22ClNO2/c1-11(2)16(20)18-9-7-13(8-10-18)15(19)12-3-5-14(17)6-4-12/h3-6,11,13,15,19H,7-10H2,1-2H3. The second-order valence-electron chi connectivity index (χ2n) is 5.81. The van der Waals surface area contributed by atoms with E-state index < -0.39 is 6.10 Å². The monoisotopic (exact) mass is 295 g/mol. The number of aliphatic hydroxyl groups is 1. The van der Waals surface area contributed by atoms with Crippen molar-refractivity contribution in [2.24, 2.45) is 11.8 Å². The van der Waals surface area contributed by atoms with Crippen molar-refractivity contribution in [1.29, 1.82) is 0 Å². The average molecular weight is 296 g/mol. The summed E-state index contributed by atoms with van der Waals surface area (Å²) in [4.78, 5) is 13.8. The van der Waals surface area contributed by atoms with Gasteiger partial charge in [0.1, 0.15) is 0 Å². The third-order valence-electron chi connectivity index (χ3n) is 4.00. The summed E-state index contributed by atoms with van der Waals surface area (Å²) in [5.74, 6) is 0.476. The van der Waals surface area contributed by atoms with E-state index in [9.17, 15) is 9.90 Å². The van der Waals surface area contributed by atoms with E-state index in [0.717, 1.165) is 31.5 Å². The van der Waals surface area contributed by atoms with Crippen LogP contribution < -0.4 is 0 Å². The van der Waals surface area contributed by atoms with Crippen molar-refractivity contribution in [3.05, 3.63) is 34.9 Å². The predicted molar refractivity (Wildman–Crippen MR) is 80.6 cm³/mol. The van der Waals surface area contributed by atoms with Crippen molar-refractivity contribution in [1.82, 2.24) is 4.90 Å². The number of hydrogen-bond acceptors (Lipinski definition) is 2. The van der Waals surface area contributed by atoms with E-state index in [1.54, 1.807) is 12.1 Å². The van der Waals surface area contributed by atoms with Crippen LogP contribution in [-0.2, 0) is 4.79 Å². The van der Waals surface area contributed by atoms with E-state index in [4.69, 9.17) is 11.6 Å².